The smallest absolute Gasteiger partial charge is 0.0372 e. The summed E-state index contributed by atoms with van der Waals surface area (Å²) in [5, 5.41) is 3.65. The molecule has 0 saturated heterocycles. The Hall–Kier alpha value is -1.15. The van der Waals surface area contributed by atoms with E-state index in [1.54, 1.807) is 5.57 Å². The molecule has 1 atom stereocenters. The fourth-order valence-corrected chi connectivity index (χ4v) is 2.56. The second kappa shape index (κ2) is 7.32. The molecule has 0 aromatic carbocycles. The molecule has 0 aliphatic heterocycles. The summed E-state index contributed by atoms with van der Waals surface area (Å²) in [5.41, 5.74) is 2.94. The van der Waals surface area contributed by atoms with Crippen LogP contribution in [0.5, 0.6) is 0 Å². The monoisotopic (exact) mass is 244 g/mol. The Morgan fingerprint density at radius 2 is 2.33 bits per heavy atom. The summed E-state index contributed by atoms with van der Waals surface area (Å²) in [5.74, 6) is 0. The molecule has 1 aliphatic carbocycles. The number of hydrogen-bond acceptors (Lipinski definition) is 2. The lowest BCUT2D eigenvalue weighted by Gasteiger charge is -2.22. The molecule has 0 saturated carbocycles. The maximum atomic E-state index is 4.25. The van der Waals surface area contributed by atoms with Crippen molar-refractivity contribution >= 4 is 0 Å². The van der Waals surface area contributed by atoms with Gasteiger partial charge in [0.05, 0.1) is 0 Å². The fourth-order valence-electron chi connectivity index (χ4n) is 2.56. The summed E-state index contributed by atoms with van der Waals surface area (Å²) in [4.78, 5) is 4.25. The molecule has 0 radical (unpaired) electrons. The number of allylic oxidation sites excluding steroid dienone is 1. The van der Waals surface area contributed by atoms with Gasteiger partial charge in [0.25, 0.3) is 0 Å². The number of pyridine rings is 1. The third-order valence-corrected chi connectivity index (χ3v) is 3.58. The second-order valence-corrected chi connectivity index (χ2v) is 5.11. The van der Waals surface area contributed by atoms with E-state index in [-0.39, 0.29) is 0 Å². The first-order valence-electron chi connectivity index (χ1n) is 7.21. The van der Waals surface area contributed by atoms with Crippen LogP contribution in [-0.2, 0) is 0 Å². The highest BCUT2D eigenvalue weighted by molar-refractivity contribution is 5.18. The fraction of sp³-hybridized carbons (Fsp3) is 0.562. The summed E-state index contributed by atoms with van der Waals surface area (Å²) in [6, 6.07) is 4.65. The van der Waals surface area contributed by atoms with Gasteiger partial charge in [0.2, 0.25) is 0 Å². The minimum Gasteiger partial charge on any atom is -0.310 e. The van der Waals surface area contributed by atoms with Gasteiger partial charge in [-0.3, -0.25) is 4.98 Å². The van der Waals surface area contributed by atoms with Crippen molar-refractivity contribution in [3.63, 3.8) is 0 Å². The van der Waals surface area contributed by atoms with Crippen molar-refractivity contribution in [2.24, 2.45) is 0 Å². The highest BCUT2D eigenvalue weighted by atomic mass is 14.9. The van der Waals surface area contributed by atoms with Gasteiger partial charge in [0, 0.05) is 18.4 Å². The van der Waals surface area contributed by atoms with Crippen molar-refractivity contribution in [3.8, 4) is 0 Å². The summed E-state index contributed by atoms with van der Waals surface area (Å²) < 4.78 is 0. The topological polar surface area (TPSA) is 24.9 Å². The Labute approximate surface area is 111 Å². The van der Waals surface area contributed by atoms with Gasteiger partial charge in [0.15, 0.2) is 0 Å². The van der Waals surface area contributed by atoms with Gasteiger partial charge in [-0.15, -0.1) is 0 Å². The molecule has 2 nitrogen and oxygen atoms in total. The Bertz CT molecular complexity index is 370. The van der Waals surface area contributed by atoms with Gasteiger partial charge in [-0.1, -0.05) is 24.6 Å². The maximum Gasteiger partial charge on any atom is 0.0372 e. The molecule has 1 aliphatic rings. The lowest BCUT2D eigenvalue weighted by Crippen LogP contribution is -2.23. The molecule has 0 bridgehead atoms. The first-order chi connectivity index (χ1) is 8.90. The lowest BCUT2D eigenvalue weighted by molar-refractivity contribution is 0.510. The summed E-state index contributed by atoms with van der Waals surface area (Å²) in [6.45, 7) is 3.29. The zero-order valence-corrected chi connectivity index (χ0v) is 11.4. The van der Waals surface area contributed by atoms with Crippen LogP contribution >= 0.6 is 0 Å². The third-order valence-electron chi connectivity index (χ3n) is 3.58. The van der Waals surface area contributed by atoms with E-state index < -0.39 is 0 Å². The van der Waals surface area contributed by atoms with Crippen LogP contribution in [0.15, 0.2) is 36.2 Å². The highest BCUT2D eigenvalue weighted by Gasteiger charge is 2.14. The third kappa shape index (κ3) is 3.95. The Morgan fingerprint density at radius 1 is 1.39 bits per heavy atom. The van der Waals surface area contributed by atoms with Crippen LogP contribution in [0.3, 0.4) is 0 Å². The van der Waals surface area contributed by atoms with Gasteiger partial charge < -0.3 is 5.32 Å². The predicted molar refractivity (Wildman–Crippen MR) is 76.4 cm³/mol. The standard InChI is InChI=1S/C16H24N2/c1-2-10-18-16(15-9-6-11-17-13-15)12-14-7-4-3-5-8-14/h6-7,9,11,13,16,18H,2-5,8,10,12H2,1H3. The number of aromatic nitrogens is 1. The molecule has 2 heteroatoms. The summed E-state index contributed by atoms with van der Waals surface area (Å²) in [6.07, 6.45) is 13.9. The van der Waals surface area contributed by atoms with Crippen molar-refractivity contribution in [3.05, 3.63) is 41.7 Å². The van der Waals surface area contributed by atoms with Gasteiger partial charge in [-0.05, 0) is 56.7 Å². The predicted octanol–water partition coefficient (Wildman–Crippen LogP) is 4.01. The average Bonchev–Trinajstić information content (AvgIpc) is 2.45. The van der Waals surface area contributed by atoms with Crippen LogP contribution in [0.1, 0.15) is 57.1 Å². The van der Waals surface area contributed by atoms with Gasteiger partial charge in [-0.25, -0.2) is 0 Å². The first-order valence-corrected chi connectivity index (χ1v) is 7.21. The van der Waals surface area contributed by atoms with Crippen molar-refractivity contribution in [2.45, 2.75) is 51.5 Å². The molecule has 18 heavy (non-hydrogen) atoms. The highest BCUT2D eigenvalue weighted by Crippen LogP contribution is 2.27. The first kappa shape index (κ1) is 13.3. The summed E-state index contributed by atoms with van der Waals surface area (Å²) >= 11 is 0. The minimum absolute atomic E-state index is 0.433. The molecular formula is C16H24N2. The molecule has 0 amide bonds. The van der Waals surface area contributed by atoms with Crippen molar-refractivity contribution in [1.29, 1.82) is 0 Å². The van der Waals surface area contributed by atoms with E-state index in [2.05, 4.69) is 29.4 Å². The minimum atomic E-state index is 0.433. The van der Waals surface area contributed by atoms with Crippen molar-refractivity contribution in [1.82, 2.24) is 10.3 Å². The van der Waals surface area contributed by atoms with E-state index in [0.717, 1.165) is 13.0 Å². The molecular weight excluding hydrogens is 220 g/mol. The quantitative estimate of drug-likeness (QED) is 0.765. The summed E-state index contributed by atoms with van der Waals surface area (Å²) in [7, 11) is 0. The molecule has 1 aromatic heterocycles. The van der Waals surface area contributed by atoms with E-state index in [4.69, 9.17) is 0 Å². The molecule has 98 valence electrons. The molecule has 1 unspecified atom stereocenters. The van der Waals surface area contributed by atoms with Crippen LogP contribution in [0, 0.1) is 0 Å². The molecule has 1 N–H and O–H groups in total. The van der Waals surface area contributed by atoms with Gasteiger partial charge in [-0.2, -0.15) is 0 Å². The van der Waals surface area contributed by atoms with E-state index in [9.17, 15) is 0 Å². The SMILES string of the molecule is CCCNC(CC1=CCCCC1)c1cccnc1. The van der Waals surface area contributed by atoms with Crippen LogP contribution in [-0.4, -0.2) is 11.5 Å². The maximum absolute atomic E-state index is 4.25. The van der Waals surface area contributed by atoms with Crippen molar-refractivity contribution in [2.75, 3.05) is 6.54 Å². The number of hydrogen-bond donors (Lipinski definition) is 1. The molecule has 0 fully saturated rings. The molecule has 1 heterocycles. The van der Waals surface area contributed by atoms with E-state index in [1.807, 2.05) is 18.5 Å². The largest absolute Gasteiger partial charge is 0.310 e. The normalized spacial score (nSPS) is 17.3. The van der Waals surface area contributed by atoms with E-state index in [1.165, 1.54) is 37.7 Å². The average molecular weight is 244 g/mol. The van der Waals surface area contributed by atoms with Crippen LogP contribution in [0.25, 0.3) is 0 Å². The Morgan fingerprint density at radius 3 is 3.00 bits per heavy atom. The molecule has 2 rings (SSSR count). The zero-order chi connectivity index (χ0) is 12.6. The van der Waals surface area contributed by atoms with Crippen LogP contribution in [0.2, 0.25) is 0 Å². The molecule has 1 aromatic rings. The lowest BCUT2D eigenvalue weighted by atomic mass is 9.92. The Kier molecular flexibility index (Phi) is 5.40. The van der Waals surface area contributed by atoms with E-state index >= 15 is 0 Å². The van der Waals surface area contributed by atoms with Gasteiger partial charge in [0.1, 0.15) is 0 Å². The molecule has 0 spiro atoms. The second-order valence-electron chi connectivity index (χ2n) is 5.11. The van der Waals surface area contributed by atoms with Gasteiger partial charge >= 0.3 is 0 Å². The van der Waals surface area contributed by atoms with Crippen LogP contribution < -0.4 is 5.32 Å². The number of nitrogens with one attached hydrogen (secondary N) is 1. The van der Waals surface area contributed by atoms with Crippen LogP contribution in [0.4, 0.5) is 0 Å². The number of rotatable bonds is 6. The zero-order valence-electron chi connectivity index (χ0n) is 11.4. The van der Waals surface area contributed by atoms with E-state index in [0.29, 0.717) is 6.04 Å². The van der Waals surface area contributed by atoms with Crippen molar-refractivity contribution < 1.29 is 0 Å². The number of nitrogens with zero attached hydrogens (tertiary/aromatic N) is 1. The Balaban J connectivity index is 2.02.